The summed E-state index contributed by atoms with van der Waals surface area (Å²) in [5.74, 6) is 0.294. The highest BCUT2D eigenvalue weighted by Gasteiger charge is 2.25. The molecule has 0 aliphatic carbocycles. The number of carbonyl (C=O) groups is 2. The summed E-state index contributed by atoms with van der Waals surface area (Å²) in [6.45, 7) is 1.91. The Kier molecular flexibility index (Phi) is 4.22. The number of hydrogen-bond acceptors (Lipinski definition) is 4. The van der Waals surface area contributed by atoms with Crippen molar-refractivity contribution in [2.45, 2.75) is 12.8 Å². The Hall–Kier alpha value is -2.57. The summed E-state index contributed by atoms with van der Waals surface area (Å²) in [5, 5.41) is 9.36. The maximum Gasteiger partial charge on any atom is 0.286 e. The second kappa shape index (κ2) is 6.46. The first-order chi connectivity index (χ1) is 10.7. The van der Waals surface area contributed by atoms with Crippen LogP contribution in [0.4, 0.5) is 0 Å². The van der Waals surface area contributed by atoms with Gasteiger partial charge in [-0.15, -0.1) is 0 Å². The molecule has 0 radical (unpaired) electrons. The van der Waals surface area contributed by atoms with Gasteiger partial charge < -0.3 is 14.6 Å². The molecule has 116 valence electrons. The van der Waals surface area contributed by atoms with E-state index in [1.165, 1.54) is 6.26 Å². The lowest BCUT2D eigenvalue weighted by atomic mass is 9.97. The molecule has 2 aromatic rings. The Morgan fingerprint density at radius 1 is 1.45 bits per heavy atom. The lowest BCUT2D eigenvalue weighted by Crippen LogP contribution is -2.43. The van der Waals surface area contributed by atoms with Gasteiger partial charge in [0.1, 0.15) is 5.69 Å². The van der Waals surface area contributed by atoms with Crippen LogP contribution in [0.2, 0.25) is 0 Å². The molecule has 1 aliphatic rings. The number of hydrogen-bond donors (Lipinski definition) is 2. The van der Waals surface area contributed by atoms with E-state index in [1.807, 2.05) is 0 Å². The SMILES string of the molecule is O=C(NC[C@H]1CCCN(C(=O)c2ccn[nH]2)C1)c1ccco1. The minimum atomic E-state index is -0.220. The van der Waals surface area contributed by atoms with E-state index >= 15 is 0 Å². The van der Waals surface area contributed by atoms with Crippen LogP contribution in [-0.4, -0.2) is 46.5 Å². The van der Waals surface area contributed by atoms with Crippen LogP contribution in [0.3, 0.4) is 0 Å². The Bertz CT molecular complexity index is 621. The van der Waals surface area contributed by atoms with E-state index in [0.717, 1.165) is 19.4 Å². The molecule has 1 saturated heterocycles. The average molecular weight is 302 g/mol. The molecule has 1 atom stereocenters. The Morgan fingerprint density at radius 3 is 3.09 bits per heavy atom. The number of aromatic nitrogens is 2. The van der Waals surface area contributed by atoms with Crippen LogP contribution in [0.25, 0.3) is 0 Å². The van der Waals surface area contributed by atoms with Crippen LogP contribution in [0.15, 0.2) is 35.1 Å². The van der Waals surface area contributed by atoms with E-state index < -0.39 is 0 Å². The average Bonchev–Trinajstić information content (AvgIpc) is 3.25. The lowest BCUT2D eigenvalue weighted by molar-refractivity contribution is 0.0664. The van der Waals surface area contributed by atoms with Gasteiger partial charge in [0.05, 0.1) is 6.26 Å². The zero-order chi connectivity index (χ0) is 15.4. The van der Waals surface area contributed by atoms with Crippen molar-refractivity contribution in [2.24, 2.45) is 5.92 Å². The van der Waals surface area contributed by atoms with Crippen LogP contribution in [0, 0.1) is 5.92 Å². The van der Waals surface area contributed by atoms with Crippen molar-refractivity contribution in [2.75, 3.05) is 19.6 Å². The fourth-order valence-electron chi connectivity index (χ4n) is 2.69. The summed E-state index contributed by atoms with van der Waals surface area (Å²) in [6, 6.07) is 4.98. The lowest BCUT2D eigenvalue weighted by Gasteiger charge is -2.32. The molecule has 2 N–H and O–H groups in total. The van der Waals surface area contributed by atoms with Gasteiger partial charge in [-0.2, -0.15) is 5.10 Å². The number of H-pyrrole nitrogens is 1. The van der Waals surface area contributed by atoms with Crippen molar-refractivity contribution in [1.29, 1.82) is 0 Å². The molecule has 0 saturated carbocycles. The number of carbonyl (C=O) groups excluding carboxylic acids is 2. The molecular formula is C15H18N4O3. The zero-order valence-electron chi connectivity index (χ0n) is 12.1. The minimum absolute atomic E-state index is 0.0421. The molecule has 2 amide bonds. The van der Waals surface area contributed by atoms with E-state index in [1.54, 1.807) is 29.3 Å². The third-order valence-corrected chi connectivity index (χ3v) is 3.83. The monoisotopic (exact) mass is 302 g/mol. The second-order valence-electron chi connectivity index (χ2n) is 5.42. The first-order valence-electron chi connectivity index (χ1n) is 7.34. The molecule has 3 heterocycles. The summed E-state index contributed by atoms with van der Waals surface area (Å²) >= 11 is 0. The number of rotatable bonds is 4. The number of amides is 2. The van der Waals surface area contributed by atoms with Crippen LogP contribution < -0.4 is 5.32 Å². The van der Waals surface area contributed by atoms with Gasteiger partial charge in [-0.25, -0.2) is 0 Å². The van der Waals surface area contributed by atoms with Gasteiger partial charge in [0.2, 0.25) is 0 Å². The van der Waals surface area contributed by atoms with E-state index in [0.29, 0.717) is 24.5 Å². The summed E-state index contributed by atoms with van der Waals surface area (Å²) in [6.07, 6.45) is 4.96. The Labute approximate surface area is 127 Å². The third kappa shape index (κ3) is 3.19. The molecule has 0 bridgehead atoms. The number of nitrogens with one attached hydrogen (secondary N) is 2. The Morgan fingerprint density at radius 2 is 2.36 bits per heavy atom. The summed E-state index contributed by atoms with van der Waals surface area (Å²) in [7, 11) is 0. The van der Waals surface area contributed by atoms with Gasteiger partial charge in [0.25, 0.3) is 11.8 Å². The minimum Gasteiger partial charge on any atom is -0.459 e. The molecule has 22 heavy (non-hydrogen) atoms. The van der Waals surface area contributed by atoms with Crippen molar-refractivity contribution < 1.29 is 14.0 Å². The third-order valence-electron chi connectivity index (χ3n) is 3.83. The van der Waals surface area contributed by atoms with Crippen molar-refractivity contribution in [3.63, 3.8) is 0 Å². The van der Waals surface area contributed by atoms with Crippen LogP contribution >= 0.6 is 0 Å². The molecule has 3 rings (SSSR count). The quantitative estimate of drug-likeness (QED) is 0.890. The number of nitrogens with zero attached hydrogens (tertiary/aromatic N) is 2. The second-order valence-corrected chi connectivity index (χ2v) is 5.42. The fourth-order valence-corrected chi connectivity index (χ4v) is 2.69. The van der Waals surface area contributed by atoms with Crippen LogP contribution in [0.1, 0.15) is 33.9 Å². The van der Waals surface area contributed by atoms with E-state index in [4.69, 9.17) is 4.42 Å². The largest absolute Gasteiger partial charge is 0.459 e. The highest BCUT2D eigenvalue weighted by atomic mass is 16.3. The van der Waals surface area contributed by atoms with Gasteiger partial charge in [-0.05, 0) is 37.0 Å². The maximum atomic E-state index is 12.3. The van der Waals surface area contributed by atoms with E-state index in [9.17, 15) is 9.59 Å². The molecule has 7 heteroatoms. The number of piperidine rings is 1. The molecule has 1 aliphatic heterocycles. The zero-order valence-corrected chi connectivity index (χ0v) is 12.1. The van der Waals surface area contributed by atoms with Gasteiger partial charge in [-0.3, -0.25) is 14.7 Å². The first kappa shape index (κ1) is 14.4. The van der Waals surface area contributed by atoms with Gasteiger partial charge in [-0.1, -0.05) is 0 Å². The summed E-state index contributed by atoms with van der Waals surface area (Å²) in [4.78, 5) is 25.9. The van der Waals surface area contributed by atoms with Crippen molar-refractivity contribution in [1.82, 2.24) is 20.4 Å². The number of furan rings is 1. The number of likely N-dealkylation sites (tertiary alicyclic amines) is 1. The standard InChI is InChI=1S/C15H18N4O3/c20-14(13-4-2-8-22-13)16-9-11-3-1-7-19(10-11)15(21)12-5-6-17-18-12/h2,4-6,8,11H,1,3,7,9-10H2,(H,16,20)(H,17,18)/t11-/m1/s1. The van der Waals surface area contributed by atoms with E-state index in [2.05, 4.69) is 15.5 Å². The van der Waals surface area contributed by atoms with Gasteiger partial charge in [0, 0.05) is 25.8 Å². The predicted octanol–water partition coefficient (Wildman–Crippen LogP) is 1.28. The van der Waals surface area contributed by atoms with Gasteiger partial charge in [0.15, 0.2) is 5.76 Å². The number of aromatic amines is 1. The summed E-state index contributed by atoms with van der Waals surface area (Å²) in [5.41, 5.74) is 0.500. The molecule has 0 unspecified atom stereocenters. The van der Waals surface area contributed by atoms with Crippen LogP contribution in [-0.2, 0) is 0 Å². The van der Waals surface area contributed by atoms with Crippen molar-refractivity contribution in [3.8, 4) is 0 Å². The predicted molar refractivity (Wildman–Crippen MR) is 78.3 cm³/mol. The van der Waals surface area contributed by atoms with Crippen molar-refractivity contribution >= 4 is 11.8 Å². The fraction of sp³-hybridized carbons (Fsp3) is 0.400. The molecule has 2 aromatic heterocycles. The molecular weight excluding hydrogens is 284 g/mol. The van der Waals surface area contributed by atoms with Crippen LogP contribution in [0.5, 0.6) is 0 Å². The molecule has 0 aromatic carbocycles. The van der Waals surface area contributed by atoms with E-state index in [-0.39, 0.29) is 17.7 Å². The topological polar surface area (TPSA) is 91.2 Å². The van der Waals surface area contributed by atoms with Gasteiger partial charge >= 0.3 is 0 Å². The molecule has 1 fully saturated rings. The van der Waals surface area contributed by atoms with Crippen molar-refractivity contribution in [3.05, 3.63) is 42.1 Å². The summed E-state index contributed by atoms with van der Waals surface area (Å²) < 4.78 is 5.06. The molecule has 0 spiro atoms. The Balaban J connectivity index is 1.52. The highest BCUT2D eigenvalue weighted by molar-refractivity contribution is 5.92. The smallest absolute Gasteiger partial charge is 0.286 e. The highest BCUT2D eigenvalue weighted by Crippen LogP contribution is 2.17. The normalized spacial score (nSPS) is 18.2. The maximum absolute atomic E-state index is 12.3. The first-order valence-corrected chi connectivity index (χ1v) is 7.34. The molecule has 7 nitrogen and oxygen atoms in total.